The Balaban J connectivity index is 0.949. The van der Waals surface area contributed by atoms with E-state index in [0.717, 1.165) is 106 Å². The van der Waals surface area contributed by atoms with Crippen molar-refractivity contribution in [2.24, 2.45) is 5.41 Å². The van der Waals surface area contributed by atoms with Crippen LogP contribution in [0.5, 0.6) is 0 Å². The number of likely N-dealkylation sites (tertiary alicyclic amines) is 2. The van der Waals surface area contributed by atoms with Crippen LogP contribution in [0.2, 0.25) is 0 Å². The van der Waals surface area contributed by atoms with Crippen molar-refractivity contribution < 1.29 is 21.6 Å². The molecule has 4 aliphatic rings. The van der Waals surface area contributed by atoms with Gasteiger partial charge in [0.2, 0.25) is 5.95 Å². The first kappa shape index (κ1) is 35.6. The Morgan fingerprint density at radius 1 is 1.00 bits per heavy atom. The number of hydrogen-bond acceptors (Lipinski definition) is 10. The molecule has 10 nitrogen and oxygen atoms in total. The SMILES string of the molecule is Cc1c(CN2CCC3(CCN(c4nc(NC5CC5)nc5sc(CC(F)(F)F)cc45)C3)C2)ccc2c1cc(C#N)n2CCN1CCC(S(C)(=O)=O)CC1. The van der Waals surface area contributed by atoms with E-state index < -0.39 is 22.4 Å². The summed E-state index contributed by atoms with van der Waals surface area (Å²) in [6, 6.07) is 10.7. The van der Waals surface area contributed by atoms with Gasteiger partial charge < -0.3 is 19.7 Å². The Kier molecular flexibility index (Phi) is 9.20. The molecular weight excluding hydrogens is 710 g/mol. The fourth-order valence-corrected chi connectivity index (χ4v) is 10.8. The minimum absolute atomic E-state index is 0.0806. The summed E-state index contributed by atoms with van der Waals surface area (Å²) in [6.45, 7) is 9.40. The lowest BCUT2D eigenvalue weighted by Gasteiger charge is -2.31. The highest BCUT2D eigenvalue weighted by atomic mass is 32.2. The quantitative estimate of drug-likeness (QED) is 0.205. The number of nitriles is 1. The van der Waals surface area contributed by atoms with Crippen LogP contribution < -0.4 is 10.2 Å². The van der Waals surface area contributed by atoms with Gasteiger partial charge in [-0.15, -0.1) is 11.3 Å². The molecule has 0 radical (unpaired) electrons. The van der Waals surface area contributed by atoms with Crippen molar-refractivity contribution in [1.82, 2.24) is 24.3 Å². The van der Waals surface area contributed by atoms with Crippen LogP contribution in [0.3, 0.4) is 0 Å². The molecule has 1 spiro atoms. The number of nitrogens with zero attached hydrogens (tertiary/aromatic N) is 7. The maximum Gasteiger partial charge on any atom is 0.393 e. The van der Waals surface area contributed by atoms with E-state index in [0.29, 0.717) is 47.3 Å². The third-order valence-corrected chi connectivity index (χ3v) is 14.4. The molecule has 1 atom stereocenters. The molecule has 0 bridgehead atoms. The van der Waals surface area contributed by atoms with Gasteiger partial charge in [0.05, 0.1) is 17.1 Å². The fourth-order valence-electron chi connectivity index (χ4n) is 8.64. The lowest BCUT2D eigenvalue weighted by atomic mass is 9.86. The topological polar surface area (TPSA) is 110 Å². The van der Waals surface area contributed by atoms with Gasteiger partial charge in [-0.05, 0) is 94.4 Å². The van der Waals surface area contributed by atoms with Crippen LogP contribution in [-0.2, 0) is 29.3 Å². The average Bonchev–Trinajstić information content (AvgIpc) is 3.38. The summed E-state index contributed by atoms with van der Waals surface area (Å²) in [7, 11) is -3.02. The van der Waals surface area contributed by atoms with Gasteiger partial charge >= 0.3 is 6.18 Å². The van der Waals surface area contributed by atoms with Crippen LogP contribution in [0.15, 0.2) is 24.3 Å². The number of aryl methyl sites for hydroxylation is 1. The lowest BCUT2D eigenvalue weighted by Crippen LogP contribution is -2.40. The van der Waals surface area contributed by atoms with Crippen LogP contribution in [0.4, 0.5) is 24.9 Å². The van der Waals surface area contributed by atoms with Crippen molar-refractivity contribution in [2.45, 2.75) is 82.4 Å². The molecule has 1 aliphatic carbocycles. The van der Waals surface area contributed by atoms with E-state index in [9.17, 15) is 26.9 Å². The number of aromatic nitrogens is 3. The molecule has 15 heteroatoms. The zero-order valence-corrected chi connectivity index (χ0v) is 31.3. The Labute approximate surface area is 306 Å². The zero-order chi connectivity index (χ0) is 36.4. The number of nitrogens with one attached hydrogen (secondary N) is 1. The molecule has 1 saturated carbocycles. The predicted molar refractivity (Wildman–Crippen MR) is 199 cm³/mol. The maximum atomic E-state index is 13.3. The van der Waals surface area contributed by atoms with Gasteiger partial charge in [-0.2, -0.15) is 23.4 Å². The van der Waals surface area contributed by atoms with E-state index in [2.05, 4.69) is 54.7 Å². The first-order chi connectivity index (χ1) is 24.8. The predicted octanol–water partition coefficient (Wildman–Crippen LogP) is 6.12. The summed E-state index contributed by atoms with van der Waals surface area (Å²) in [5, 5.41) is 14.9. The minimum Gasteiger partial charge on any atom is -0.355 e. The molecule has 8 rings (SSSR count). The highest BCUT2D eigenvalue weighted by Gasteiger charge is 2.44. The second kappa shape index (κ2) is 13.4. The third-order valence-electron chi connectivity index (χ3n) is 11.7. The van der Waals surface area contributed by atoms with E-state index in [1.54, 1.807) is 6.07 Å². The molecule has 1 N–H and O–H groups in total. The number of anilines is 2. The number of alkyl halides is 3. The van der Waals surface area contributed by atoms with Crippen LogP contribution in [0, 0.1) is 23.7 Å². The second-order valence-corrected chi connectivity index (χ2v) is 19.0. The highest BCUT2D eigenvalue weighted by molar-refractivity contribution is 7.91. The van der Waals surface area contributed by atoms with Gasteiger partial charge in [0.25, 0.3) is 0 Å². The van der Waals surface area contributed by atoms with Gasteiger partial charge in [0, 0.05) is 72.8 Å². The summed E-state index contributed by atoms with van der Waals surface area (Å²) >= 11 is 1.11. The molecule has 52 heavy (non-hydrogen) atoms. The van der Waals surface area contributed by atoms with Crippen LogP contribution in [0.25, 0.3) is 21.1 Å². The smallest absolute Gasteiger partial charge is 0.355 e. The first-order valence-corrected chi connectivity index (χ1v) is 21.1. The largest absolute Gasteiger partial charge is 0.393 e. The standard InChI is InChI=1S/C37H45F3N8O2S2/c1-24-25(3-6-32-30(24)17-27(20-41)48(32)16-15-45-11-7-29(8-12-45)52(2,49)50)21-46-13-9-36(22-46)10-14-47(23-36)33-31-18-28(19-37(38,39)40)51-34(31)44-35(43-33)42-26-4-5-26/h3,6,17-18,26,29H,4-5,7-16,19,21-23H2,1-2H3,(H,42,43,44). The number of piperidine rings is 1. The summed E-state index contributed by atoms with van der Waals surface area (Å²) in [6.07, 6.45) is 1.55. The van der Waals surface area contributed by atoms with Crippen molar-refractivity contribution in [3.05, 3.63) is 46.0 Å². The average molecular weight is 755 g/mol. The summed E-state index contributed by atoms with van der Waals surface area (Å²) in [5.41, 5.74) is 4.19. The molecule has 3 aromatic heterocycles. The minimum atomic E-state index is -4.28. The molecular formula is C37H45F3N8O2S2. The monoisotopic (exact) mass is 754 g/mol. The maximum absolute atomic E-state index is 13.3. The van der Waals surface area contributed by atoms with E-state index in [4.69, 9.17) is 4.98 Å². The van der Waals surface area contributed by atoms with Crippen molar-refractivity contribution in [3.8, 4) is 6.07 Å². The fraction of sp³-hybridized carbons (Fsp3) is 0.595. The Bertz CT molecular complexity index is 2150. The number of thiophene rings is 1. The van der Waals surface area contributed by atoms with Crippen LogP contribution >= 0.6 is 11.3 Å². The number of hydrogen-bond donors (Lipinski definition) is 1. The molecule has 4 fully saturated rings. The van der Waals surface area contributed by atoms with Crippen molar-refractivity contribution in [2.75, 3.05) is 62.3 Å². The van der Waals surface area contributed by atoms with E-state index in [-0.39, 0.29) is 15.5 Å². The van der Waals surface area contributed by atoms with Gasteiger partial charge in [-0.25, -0.2) is 13.4 Å². The van der Waals surface area contributed by atoms with E-state index >= 15 is 0 Å². The number of halogens is 3. The molecule has 6 heterocycles. The van der Waals surface area contributed by atoms with E-state index in [1.165, 1.54) is 17.4 Å². The van der Waals surface area contributed by atoms with Gasteiger partial charge in [0.1, 0.15) is 32.2 Å². The normalized spacial score (nSPS) is 22.3. The molecule has 3 aliphatic heterocycles. The summed E-state index contributed by atoms with van der Waals surface area (Å²) in [5.74, 6) is 1.25. The van der Waals surface area contributed by atoms with E-state index in [1.807, 2.05) is 6.07 Å². The number of sulfone groups is 1. The Hall–Kier alpha value is -3.45. The molecule has 3 saturated heterocycles. The van der Waals surface area contributed by atoms with Crippen molar-refractivity contribution >= 4 is 54.1 Å². The first-order valence-electron chi connectivity index (χ1n) is 18.3. The van der Waals surface area contributed by atoms with Crippen molar-refractivity contribution in [1.29, 1.82) is 5.26 Å². The van der Waals surface area contributed by atoms with Crippen LogP contribution in [0.1, 0.15) is 60.2 Å². The van der Waals surface area contributed by atoms with Gasteiger partial charge in [-0.3, -0.25) is 4.90 Å². The van der Waals surface area contributed by atoms with Crippen molar-refractivity contribution in [3.63, 3.8) is 0 Å². The van der Waals surface area contributed by atoms with Gasteiger partial charge in [-0.1, -0.05) is 6.07 Å². The Morgan fingerprint density at radius 2 is 1.77 bits per heavy atom. The second-order valence-electron chi connectivity index (χ2n) is 15.6. The summed E-state index contributed by atoms with van der Waals surface area (Å²) < 4.78 is 66.0. The van der Waals surface area contributed by atoms with Gasteiger partial charge in [0.15, 0.2) is 0 Å². The van der Waals surface area contributed by atoms with Crippen LogP contribution in [-0.4, -0.2) is 102 Å². The molecule has 0 amide bonds. The molecule has 1 unspecified atom stereocenters. The Morgan fingerprint density at radius 3 is 2.48 bits per heavy atom. The number of fused-ring (bicyclic) bond motifs is 2. The molecule has 1 aromatic carbocycles. The molecule has 4 aromatic rings. The lowest BCUT2D eigenvalue weighted by molar-refractivity contribution is -0.126. The zero-order valence-electron chi connectivity index (χ0n) is 29.7. The number of benzene rings is 1. The molecule has 278 valence electrons. The third kappa shape index (κ3) is 7.36. The summed E-state index contributed by atoms with van der Waals surface area (Å²) in [4.78, 5) is 17.5. The number of rotatable bonds is 10. The highest BCUT2D eigenvalue weighted by Crippen LogP contribution is 2.44.